The summed E-state index contributed by atoms with van der Waals surface area (Å²) in [6.07, 6.45) is 0. The lowest BCUT2D eigenvalue weighted by Crippen LogP contribution is -2.37. The zero-order valence-electron chi connectivity index (χ0n) is 38.8. The molecule has 0 N–H and O–H groups in total. The van der Waals surface area contributed by atoms with Crippen LogP contribution in [0.3, 0.4) is 0 Å². The van der Waals surface area contributed by atoms with Crippen LogP contribution < -0.4 is 45.8 Å². The summed E-state index contributed by atoms with van der Waals surface area (Å²) in [5.41, 5.74) is 0. The summed E-state index contributed by atoms with van der Waals surface area (Å²) in [5, 5.41) is 2.24. The third-order valence-electron chi connectivity index (χ3n) is 7.06. The molecular weight excluding hydrogens is 857 g/mol. The van der Waals surface area contributed by atoms with Crippen LogP contribution in [0.15, 0.2) is 84.9 Å². The molecule has 0 bridgehead atoms. The Balaban J connectivity index is 0.000000310. The first kappa shape index (κ1) is 49.4. The van der Waals surface area contributed by atoms with Gasteiger partial charge in [-0.3, -0.25) is 0 Å². The van der Waals surface area contributed by atoms with Gasteiger partial charge < -0.3 is 35.4 Å². The molecule has 0 heterocycles. The molecule has 0 aliphatic carbocycles. The van der Waals surface area contributed by atoms with Crippen LogP contribution in [0.2, 0.25) is 118 Å². The summed E-state index contributed by atoms with van der Waals surface area (Å²) in [6, 6.07) is 28.2. The first-order valence-electron chi connectivity index (χ1n) is 20.3. The monoisotopic (exact) mass is 928 g/mol. The van der Waals surface area contributed by atoms with Gasteiger partial charge in [0.25, 0.3) is 19.5 Å². The fourth-order valence-electron chi connectivity index (χ4n) is 5.22. The summed E-state index contributed by atoms with van der Waals surface area (Å²) in [4.78, 5) is 0. The van der Waals surface area contributed by atoms with Gasteiger partial charge in [0.15, 0.2) is 23.0 Å². The SMILES string of the molecule is C[Si](C)(C)Oc1ccc([SiH2]Oc2ccccc2)c(O[Si](C)(C)C)c1O[Si](C)(C)C.C[Si](C)(C)Oc1ccc([SiH2]Oc2ccccc2)c(O[Si](C)(C)C)c1O[Si](C)(C)C. The molecule has 0 fully saturated rings. The molecule has 4 aromatic carbocycles. The fourth-order valence-corrected chi connectivity index (χ4v) is 12.6. The molecule has 0 aliphatic rings. The minimum atomic E-state index is -1.88. The smallest absolute Gasteiger partial charge is 0.255 e. The van der Waals surface area contributed by atoms with E-state index in [0.29, 0.717) is 0 Å². The standard InChI is InChI=1S/2C21H36O4Si4/c2*1-27(2,3)23-18-15-16-19(26-22-17-13-11-10-12-14-17)21(25-29(7,8)9)20(18)24-28(4,5)6/h2*10-16H,26H2,1-9H3. The van der Waals surface area contributed by atoms with Gasteiger partial charge in [-0.15, -0.1) is 0 Å². The van der Waals surface area contributed by atoms with E-state index in [9.17, 15) is 0 Å². The average molecular weight is 930 g/mol. The number of benzene rings is 4. The Bertz CT molecular complexity index is 1750. The van der Waals surface area contributed by atoms with Gasteiger partial charge in [0, 0.05) is 10.4 Å². The number of rotatable bonds is 18. The third kappa shape index (κ3) is 18.9. The van der Waals surface area contributed by atoms with Gasteiger partial charge in [-0.2, -0.15) is 0 Å². The van der Waals surface area contributed by atoms with E-state index in [4.69, 9.17) is 35.4 Å². The normalized spacial score (nSPS) is 12.9. The molecule has 0 saturated heterocycles. The van der Waals surface area contributed by atoms with Gasteiger partial charge in [0.1, 0.15) is 23.0 Å². The van der Waals surface area contributed by atoms with Gasteiger partial charge in [0.05, 0.1) is 0 Å². The Kier molecular flexibility index (Phi) is 17.1. The molecular formula is C42H72O8Si8. The molecule has 0 amide bonds. The van der Waals surface area contributed by atoms with Crippen LogP contribution in [0, 0.1) is 0 Å². The fraction of sp³-hybridized carbons (Fsp3) is 0.429. The molecule has 0 spiro atoms. The van der Waals surface area contributed by atoms with Gasteiger partial charge >= 0.3 is 0 Å². The van der Waals surface area contributed by atoms with Gasteiger partial charge in [-0.05, 0) is 154 Å². The second-order valence-electron chi connectivity index (χ2n) is 20.3. The van der Waals surface area contributed by atoms with Crippen molar-refractivity contribution in [2.24, 2.45) is 0 Å². The minimum Gasteiger partial charge on any atom is -0.545 e. The molecule has 0 unspecified atom stereocenters. The summed E-state index contributed by atoms with van der Waals surface area (Å²) in [6.45, 7) is 39.4. The summed E-state index contributed by atoms with van der Waals surface area (Å²) in [5.74, 6) is 6.62. The summed E-state index contributed by atoms with van der Waals surface area (Å²) < 4.78 is 51.4. The quantitative estimate of drug-likeness (QED) is 0.0914. The van der Waals surface area contributed by atoms with E-state index < -0.39 is 69.4 Å². The van der Waals surface area contributed by atoms with Gasteiger partial charge in [-0.25, -0.2) is 0 Å². The largest absolute Gasteiger partial charge is 0.545 e. The van der Waals surface area contributed by atoms with Crippen molar-refractivity contribution in [1.29, 1.82) is 0 Å². The van der Waals surface area contributed by atoms with Crippen LogP contribution in [-0.4, -0.2) is 69.4 Å². The van der Waals surface area contributed by atoms with Crippen molar-refractivity contribution >= 4 is 79.8 Å². The van der Waals surface area contributed by atoms with E-state index in [2.05, 4.69) is 130 Å². The number of hydrogen-bond acceptors (Lipinski definition) is 8. The first-order chi connectivity index (χ1) is 26.5. The van der Waals surface area contributed by atoms with Crippen molar-refractivity contribution in [3.63, 3.8) is 0 Å². The molecule has 4 aromatic rings. The van der Waals surface area contributed by atoms with Crippen LogP contribution in [0.1, 0.15) is 0 Å². The third-order valence-corrected chi connectivity index (χ3v) is 14.7. The predicted molar refractivity (Wildman–Crippen MR) is 267 cm³/mol. The maximum atomic E-state index is 6.58. The van der Waals surface area contributed by atoms with Crippen molar-refractivity contribution in [3.05, 3.63) is 84.9 Å². The van der Waals surface area contributed by atoms with E-state index >= 15 is 0 Å². The van der Waals surface area contributed by atoms with E-state index in [-0.39, 0.29) is 0 Å². The van der Waals surface area contributed by atoms with Crippen molar-refractivity contribution < 1.29 is 35.4 Å². The van der Waals surface area contributed by atoms with Crippen molar-refractivity contribution in [1.82, 2.24) is 0 Å². The summed E-state index contributed by atoms with van der Waals surface area (Å²) in [7, 11) is -13.2. The van der Waals surface area contributed by atoms with Gasteiger partial charge in [-0.1, -0.05) is 48.5 Å². The van der Waals surface area contributed by atoms with E-state index in [1.54, 1.807) is 0 Å². The lowest BCUT2D eigenvalue weighted by atomic mass is 10.3. The maximum Gasteiger partial charge on any atom is 0.255 e. The molecule has 320 valence electrons. The molecule has 0 aromatic heterocycles. The van der Waals surface area contributed by atoms with Gasteiger partial charge in [0.2, 0.25) is 49.9 Å². The molecule has 8 nitrogen and oxygen atoms in total. The highest BCUT2D eigenvalue weighted by Crippen LogP contribution is 2.41. The van der Waals surface area contributed by atoms with Crippen molar-refractivity contribution in [2.75, 3.05) is 0 Å². The van der Waals surface area contributed by atoms with Crippen LogP contribution in [0.4, 0.5) is 0 Å². The molecule has 0 aliphatic heterocycles. The highest BCUT2D eigenvalue weighted by Gasteiger charge is 2.32. The lowest BCUT2D eigenvalue weighted by Gasteiger charge is -2.31. The van der Waals surface area contributed by atoms with E-state index in [1.807, 2.05) is 72.8 Å². The predicted octanol–water partition coefficient (Wildman–Crippen LogP) is 10.2. The van der Waals surface area contributed by atoms with Crippen molar-refractivity contribution in [3.8, 4) is 46.0 Å². The topological polar surface area (TPSA) is 73.8 Å². The van der Waals surface area contributed by atoms with Crippen LogP contribution in [0.25, 0.3) is 0 Å². The Morgan fingerprint density at radius 1 is 0.293 bits per heavy atom. The number of para-hydroxylation sites is 2. The molecule has 4 rings (SSSR count). The average Bonchev–Trinajstić information content (AvgIpc) is 3.05. The first-order valence-corrected chi connectivity index (χ1v) is 43.3. The Hall–Kier alpha value is -2.98. The van der Waals surface area contributed by atoms with E-state index in [1.165, 1.54) is 0 Å². The maximum absolute atomic E-state index is 6.58. The molecule has 16 heteroatoms. The highest BCUT2D eigenvalue weighted by molar-refractivity contribution is 6.73. The van der Waals surface area contributed by atoms with Crippen LogP contribution >= 0.6 is 0 Å². The lowest BCUT2D eigenvalue weighted by molar-refractivity contribution is 0.455. The van der Waals surface area contributed by atoms with E-state index in [0.717, 1.165) is 56.4 Å². The zero-order valence-corrected chi connectivity index (χ0v) is 47.6. The molecule has 58 heavy (non-hydrogen) atoms. The summed E-state index contributed by atoms with van der Waals surface area (Å²) >= 11 is 0. The Morgan fingerprint density at radius 2 is 0.552 bits per heavy atom. The van der Waals surface area contributed by atoms with Crippen LogP contribution in [-0.2, 0) is 0 Å². The second kappa shape index (κ2) is 20.1. The highest BCUT2D eigenvalue weighted by atomic mass is 28.4. The number of hydrogen-bond donors (Lipinski definition) is 0. The molecule has 0 radical (unpaired) electrons. The Labute approximate surface area is 362 Å². The zero-order chi connectivity index (χ0) is 43.7. The van der Waals surface area contributed by atoms with Crippen molar-refractivity contribution in [2.45, 2.75) is 118 Å². The van der Waals surface area contributed by atoms with Crippen LogP contribution in [0.5, 0.6) is 46.0 Å². The molecule has 0 atom stereocenters. The minimum absolute atomic E-state index is 0.774. The second-order valence-corrected chi connectivity index (χ2v) is 49.5. The molecule has 0 saturated carbocycles. The Morgan fingerprint density at radius 3 is 0.810 bits per heavy atom.